The first-order valence-corrected chi connectivity index (χ1v) is 11.5. The van der Waals surface area contributed by atoms with Gasteiger partial charge in [-0.15, -0.1) is 0 Å². The molecule has 0 amide bonds. The van der Waals surface area contributed by atoms with Crippen molar-refractivity contribution in [2.45, 2.75) is 51.8 Å². The topological polar surface area (TPSA) is 40.6 Å². The molecule has 1 fully saturated rings. The van der Waals surface area contributed by atoms with Gasteiger partial charge in [-0.1, -0.05) is 20.8 Å². The maximum atomic E-state index is 14.9. The van der Waals surface area contributed by atoms with Crippen molar-refractivity contribution in [3.05, 3.63) is 41.5 Å². The van der Waals surface area contributed by atoms with Gasteiger partial charge in [0.25, 0.3) is 0 Å². The van der Waals surface area contributed by atoms with E-state index in [0.717, 1.165) is 16.3 Å². The molecule has 0 N–H and O–H groups in total. The summed E-state index contributed by atoms with van der Waals surface area (Å²) in [5.41, 5.74) is 1.26. The number of nitrogens with zero attached hydrogens (tertiary/aromatic N) is 1. The Bertz CT molecular complexity index is 767. The first-order valence-electron chi connectivity index (χ1n) is 8.63. The van der Waals surface area contributed by atoms with Crippen molar-refractivity contribution < 1.29 is 18.3 Å². The summed E-state index contributed by atoms with van der Waals surface area (Å²) in [6, 6.07) is 3.35. The molecule has 1 saturated heterocycles. The zero-order valence-electron chi connectivity index (χ0n) is 15.6. The Morgan fingerprint density at radius 1 is 1.24 bits per heavy atom. The molecule has 1 aliphatic rings. The normalized spacial score (nSPS) is 16.7. The predicted molar refractivity (Wildman–Crippen MR) is 98.3 cm³/mol. The van der Waals surface area contributed by atoms with Gasteiger partial charge in [-0.2, -0.15) is 0 Å². The second-order valence-corrected chi connectivity index (χ2v) is 12.8. The van der Waals surface area contributed by atoms with Crippen molar-refractivity contribution in [3.63, 3.8) is 0 Å². The Morgan fingerprint density at radius 2 is 1.92 bits per heavy atom. The van der Waals surface area contributed by atoms with Crippen LogP contribution in [0.1, 0.15) is 38.2 Å². The molecule has 1 aromatic carbocycles. The van der Waals surface area contributed by atoms with E-state index in [1.807, 2.05) is 6.07 Å². The van der Waals surface area contributed by atoms with Crippen LogP contribution in [0.2, 0.25) is 18.1 Å². The van der Waals surface area contributed by atoms with E-state index in [2.05, 4.69) is 38.8 Å². The van der Waals surface area contributed by atoms with Crippen molar-refractivity contribution >= 4 is 19.1 Å². The second-order valence-electron chi connectivity index (χ2n) is 7.97. The molecule has 0 unspecified atom stereocenters. The number of halogens is 1. The van der Waals surface area contributed by atoms with E-state index in [-0.39, 0.29) is 10.9 Å². The Kier molecular flexibility index (Phi) is 4.99. The molecule has 4 nitrogen and oxygen atoms in total. The summed E-state index contributed by atoms with van der Waals surface area (Å²) in [6.07, 6.45) is 2.77. The van der Waals surface area contributed by atoms with Gasteiger partial charge < -0.3 is 13.9 Å². The quantitative estimate of drug-likeness (QED) is 0.721. The van der Waals surface area contributed by atoms with E-state index in [0.29, 0.717) is 25.4 Å². The maximum absolute atomic E-state index is 14.9. The van der Waals surface area contributed by atoms with Gasteiger partial charge in [0.05, 0.1) is 25.4 Å². The Morgan fingerprint density at radius 3 is 2.56 bits per heavy atom. The van der Waals surface area contributed by atoms with Crippen molar-refractivity contribution in [2.24, 2.45) is 0 Å². The first kappa shape index (κ1) is 18.4. The highest BCUT2D eigenvalue weighted by Crippen LogP contribution is 2.38. The molecule has 1 aliphatic heterocycles. The summed E-state index contributed by atoms with van der Waals surface area (Å²) in [7, 11) is -1.92. The van der Waals surface area contributed by atoms with Crippen LogP contribution >= 0.6 is 0 Å². The summed E-state index contributed by atoms with van der Waals surface area (Å²) in [5, 5.41) is 1.76. The van der Waals surface area contributed by atoms with Crippen LogP contribution < -0.4 is 0 Å². The van der Waals surface area contributed by atoms with E-state index in [1.54, 1.807) is 12.4 Å². The van der Waals surface area contributed by atoms with Crippen LogP contribution in [0.15, 0.2) is 24.5 Å². The minimum absolute atomic E-state index is 0.102. The number of hydrogen-bond acceptors (Lipinski definition) is 4. The molecule has 1 aromatic heterocycles. The van der Waals surface area contributed by atoms with Gasteiger partial charge in [-0.05, 0) is 41.2 Å². The largest absolute Gasteiger partial charge is 0.413 e. The van der Waals surface area contributed by atoms with Crippen molar-refractivity contribution in [1.29, 1.82) is 0 Å². The van der Waals surface area contributed by atoms with Gasteiger partial charge >= 0.3 is 0 Å². The highest BCUT2D eigenvalue weighted by atomic mass is 28.4. The van der Waals surface area contributed by atoms with Crippen molar-refractivity contribution in [1.82, 2.24) is 4.98 Å². The number of benzene rings is 1. The van der Waals surface area contributed by atoms with Crippen LogP contribution in [0.25, 0.3) is 10.8 Å². The number of aromatic nitrogens is 1. The van der Waals surface area contributed by atoms with E-state index >= 15 is 0 Å². The molecule has 136 valence electrons. The molecule has 0 bridgehead atoms. The van der Waals surface area contributed by atoms with Gasteiger partial charge in [0, 0.05) is 17.8 Å². The minimum Gasteiger partial charge on any atom is -0.413 e. The van der Waals surface area contributed by atoms with Crippen LogP contribution in [-0.4, -0.2) is 26.5 Å². The van der Waals surface area contributed by atoms with Crippen molar-refractivity contribution in [3.8, 4) is 0 Å². The van der Waals surface area contributed by atoms with Crippen LogP contribution in [0.5, 0.6) is 0 Å². The lowest BCUT2D eigenvalue weighted by Crippen LogP contribution is -2.40. The first-order chi connectivity index (χ1) is 11.7. The summed E-state index contributed by atoms with van der Waals surface area (Å²) < 4.78 is 32.2. The molecular formula is C19H26FNO3Si. The summed E-state index contributed by atoms with van der Waals surface area (Å²) in [4.78, 5) is 4.22. The van der Waals surface area contributed by atoms with Gasteiger partial charge in [0.1, 0.15) is 5.82 Å². The second kappa shape index (κ2) is 6.76. The Hall–Kier alpha value is -1.34. The lowest BCUT2D eigenvalue weighted by Gasteiger charge is -2.36. The van der Waals surface area contributed by atoms with E-state index in [1.165, 1.54) is 6.07 Å². The standard InChI is InChI=1S/C19H26FNO3Si/c1-19(2,3)25(4,5)24-12-13-10-16(20)17(18-22-8-9-23-18)14-6-7-21-11-15(13)14/h6-7,10-11,18H,8-9,12H2,1-5H3. The molecule has 0 saturated carbocycles. The molecule has 0 atom stereocenters. The zero-order valence-corrected chi connectivity index (χ0v) is 16.6. The fourth-order valence-corrected chi connectivity index (χ4v) is 3.63. The molecule has 2 aromatic rings. The van der Waals surface area contributed by atoms with Gasteiger partial charge in [-0.3, -0.25) is 4.98 Å². The monoisotopic (exact) mass is 363 g/mol. The van der Waals surface area contributed by atoms with Gasteiger partial charge in [0.15, 0.2) is 14.6 Å². The molecular weight excluding hydrogens is 337 g/mol. The Labute approximate surface area is 149 Å². The van der Waals surface area contributed by atoms with E-state index in [4.69, 9.17) is 13.9 Å². The average molecular weight is 364 g/mol. The van der Waals surface area contributed by atoms with Crippen LogP contribution in [0.4, 0.5) is 4.39 Å². The van der Waals surface area contributed by atoms with Gasteiger partial charge in [-0.25, -0.2) is 4.39 Å². The Balaban J connectivity index is 1.99. The summed E-state index contributed by atoms with van der Waals surface area (Å²) in [5.74, 6) is -0.320. The van der Waals surface area contributed by atoms with Gasteiger partial charge in [0.2, 0.25) is 0 Å². The highest BCUT2D eigenvalue weighted by molar-refractivity contribution is 6.74. The fourth-order valence-electron chi connectivity index (χ4n) is 2.68. The molecule has 25 heavy (non-hydrogen) atoms. The van der Waals surface area contributed by atoms with Crippen LogP contribution in [0.3, 0.4) is 0 Å². The zero-order chi connectivity index (χ0) is 18.2. The number of ether oxygens (including phenoxy) is 2. The molecule has 6 heteroatoms. The third-order valence-corrected chi connectivity index (χ3v) is 9.75. The third-order valence-electron chi connectivity index (χ3n) is 5.27. The highest BCUT2D eigenvalue weighted by Gasteiger charge is 2.37. The summed E-state index contributed by atoms with van der Waals surface area (Å²) in [6.45, 7) is 12.3. The fraction of sp³-hybridized carbons (Fsp3) is 0.526. The number of pyridine rings is 1. The average Bonchev–Trinajstić information content (AvgIpc) is 3.05. The smallest absolute Gasteiger partial charge is 0.192 e. The summed E-state index contributed by atoms with van der Waals surface area (Å²) >= 11 is 0. The maximum Gasteiger partial charge on any atom is 0.192 e. The van der Waals surface area contributed by atoms with Crippen LogP contribution in [0, 0.1) is 5.82 Å². The molecule has 0 aliphatic carbocycles. The predicted octanol–water partition coefficient (Wildman–Crippen LogP) is 4.94. The van der Waals surface area contributed by atoms with Crippen molar-refractivity contribution in [2.75, 3.05) is 13.2 Å². The third kappa shape index (κ3) is 3.62. The number of rotatable bonds is 4. The van der Waals surface area contributed by atoms with E-state index in [9.17, 15) is 4.39 Å². The SMILES string of the molecule is CC(C)(C)[Si](C)(C)OCc1cc(F)c(C2OCCO2)c2ccncc12. The van der Waals surface area contributed by atoms with Crippen LogP contribution in [-0.2, 0) is 20.5 Å². The number of hydrogen-bond donors (Lipinski definition) is 0. The molecule has 0 radical (unpaired) electrons. The lowest BCUT2D eigenvalue weighted by atomic mass is 10.0. The molecule has 3 rings (SSSR count). The number of fused-ring (bicyclic) bond motifs is 1. The lowest BCUT2D eigenvalue weighted by molar-refractivity contribution is -0.0453. The molecule has 0 spiro atoms. The van der Waals surface area contributed by atoms with E-state index < -0.39 is 14.6 Å². The minimum atomic E-state index is -1.92. The molecule has 2 heterocycles.